The van der Waals surface area contributed by atoms with Crippen LogP contribution in [0.1, 0.15) is 0 Å². The van der Waals surface area contributed by atoms with Gasteiger partial charge in [-0.3, -0.25) is 19.0 Å². The summed E-state index contributed by atoms with van der Waals surface area (Å²) in [6.07, 6.45) is -25.2. The van der Waals surface area contributed by atoms with Gasteiger partial charge in [-0.25, -0.2) is 4.39 Å². The Morgan fingerprint density at radius 2 is 1.40 bits per heavy atom. The van der Waals surface area contributed by atoms with Crippen LogP contribution in [-0.2, 0) is 19.0 Å². The molecular weight excluding hydrogens is 407 g/mol. The maximum atomic E-state index is 13.6. The highest BCUT2D eigenvalue weighted by molar-refractivity contribution is 5.77. The van der Waals surface area contributed by atoms with Gasteiger partial charge in [-0.2, -0.15) is 52.7 Å². The molecule has 4 atom stereocenters. The quantitative estimate of drug-likeness (QED) is 0.530. The van der Waals surface area contributed by atoms with Crippen molar-refractivity contribution in [2.24, 2.45) is 0 Å². The molecule has 0 aliphatic carbocycles. The maximum absolute atomic E-state index is 13.6. The molecule has 1 rings (SSSR count). The summed E-state index contributed by atoms with van der Waals surface area (Å²) in [4.78, 5) is 9.98. The van der Waals surface area contributed by atoms with Crippen molar-refractivity contribution in [3.63, 3.8) is 0 Å². The number of hydrogen-bond donors (Lipinski definition) is 0. The fraction of sp³-hybridized carbons (Fsp3) is 0.875. The molecule has 4 nitrogen and oxygen atoms in total. The minimum Gasteiger partial charge on any atom is -0.272 e. The summed E-state index contributed by atoms with van der Waals surface area (Å²) in [6, 6.07) is -10.4. The molecule has 1 heterocycles. The standard InChI is InChI=1S/C8HF13O4/c9-1(22)3(11,6(14,15)16)24-4(12)2(10)23-8(20,21)5(13,25-4)7(17,18)19/h2H. The van der Waals surface area contributed by atoms with Crippen LogP contribution < -0.4 is 0 Å². The molecule has 0 aromatic carbocycles. The molecule has 0 amide bonds. The maximum Gasteiger partial charge on any atom is 0.459 e. The lowest BCUT2D eigenvalue weighted by molar-refractivity contribution is -0.600. The van der Waals surface area contributed by atoms with Gasteiger partial charge in [0.25, 0.3) is 6.36 Å². The van der Waals surface area contributed by atoms with Crippen LogP contribution in [0, 0.1) is 0 Å². The molecule has 4 unspecified atom stereocenters. The van der Waals surface area contributed by atoms with E-state index >= 15 is 0 Å². The smallest absolute Gasteiger partial charge is 0.272 e. The van der Waals surface area contributed by atoms with E-state index in [1.54, 1.807) is 0 Å². The molecule has 0 bridgehead atoms. The van der Waals surface area contributed by atoms with Gasteiger partial charge >= 0.3 is 42.2 Å². The largest absolute Gasteiger partial charge is 0.459 e. The Kier molecular flexibility index (Phi) is 4.83. The molecule has 17 heteroatoms. The van der Waals surface area contributed by atoms with Gasteiger partial charge in [-0.05, 0) is 0 Å². The predicted molar refractivity (Wildman–Crippen MR) is 42.8 cm³/mol. The van der Waals surface area contributed by atoms with E-state index in [2.05, 4.69) is 14.2 Å². The summed E-state index contributed by atoms with van der Waals surface area (Å²) in [5.74, 6) is -13.3. The Bertz CT molecular complexity index is 545. The lowest BCUT2D eigenvalue weighted by Crippen LogP contribution is -2.71. The molecule has 1 saturated heterocycles. The molecule has 25 heavy (non-hydrogen) atoms. The predicted octanol–water partition coefficient (Wildman–Crippen LogP) is 3.51. The zero-order valence-electron chi connectivity index (χ0n) is 10.6. The van der Waals surface area contributed by atoms with Gasteiger partial charge in [0.15, 0.2) is 0 Å². The van der Waals surface area contributed by atoms with Crippen LogP contribution in [0.15, 0.2) is 0 Å². The molecule has 0 aromatic heterocycles. The number of ether oxygens (including phenoxy) is 3. The van der Waals surface area contributed by atoms with Gasteiger partial charge in [-0.15, -0.1) is 0 Å². The van der Waals surface area contributed by atoms with E-state index in [-0.39, 0.29) is 0 Å². The van der Waals surface area contributed by atoms with E-state index in [1.165, 1.54) is 0 Å². The second-order valence-electron chi connectivity index (χ2n) is 4.20. The van der Waals surface area contributed by atoms with Gasteiger partial charge in [0.1, 0.15) is 0 Å². The normalized spacial score (nSPS) is 36.0. The van der Waals surface area contributed by atoms with E-state index in [1.807, 2.05) is 0 Å². The van der Waals surface area contributed by atoms with Crippen molar-refractivity contribution in [2.75, 3.05) is 0 Å². The van der Waals surface area contributed by atoms with Crippen molar-refractivity contribution in [3.05, 3.63) is 0 Å². The zero-order valence-corrected chi connectivity index (χ0v) is 10.6. The molecule has 148 valence electrons. The van der Waals surface area contributed by atoms with Gasteiger partial charge in [0.2, 0.25) is 0 Å². The number of rotatable bonds is 3. The van der Waals surface area contributed by atoms with Crippen molar-refractivity contribution >= 4 is 6.04 Å². The Balaban J connectivity index is 3.42. The van der Waals surface area contributed by atoms with Crippen LogP contribution >= 0.6 is 0 Å². The number of alkyl halides is 12. The topological polar surface area (TPSA) is 44.8 Å². The Morgan fingerprint density at radius 3 is 1.72 bits per heavy atom. The number of halogens is 13. The third-order valence-electron chi connectivity index (χ3n) is 2.44. The average molecular weight is 408 g/mol. The first-order valence-electron chi connectivity index (χ1n) is 5.24. The van der Waals surface area contributed by atoms with Crippen molar-refractivity contribution in [3.8, 4) is 0 Å². The minimum absolute atomic E-state index is 2.20. The Labute approximate surface area is 126 Å². The Morgan fingerprint density at radius 1 is 0.960 bits per heavy atom. The summed E-state index contributed by atoms with van der Waals surface area (Å²) < 4.78 is 171. The minimum atomic E-state index is -7.01. The first kappa shape index (κ1) is 21.7. The van der Waals surface area contributed by atoms with Gasteiger partial charge in [0.05, 0.1) is 0 Å². The van der Waals surface area contributed by atoms with E-state index in [9.17, 15) is 61.9 Å². The van der Waals surface area contributed by atoms with Crippen LogP contribution in [-0.4, -0.2) is 48.6 Å². The van der Waals surface area contributed by atoms with Crippen LogP contribution in [0.5, 0.6) is 0 Å². The second kappa shape index (κ2) is 5.57. The molecular formula is C8HF13O4. The van der Waals surface area contributed by atoms with Crippen LogP contribution in [0.2, 0.25) is 0 Å². The molecule has 1 aliphatic heterocycles. The van der Waals surface area contributed by atoms with E-state index in [0.29, 0.717) is 0 Å². The van der Waals surface area contributed by atoms with Crippen molar-refractivity contribution < 1.29 is 76.1 Å². The van der Waals surface area contributed by atoms with Gasteiger partial charge < -0.3 is 0 Å². The summed E-state index contributed by atoms with van der Waals surface area (Å²) in [6.45, 7) is 0. The third kappa shape index (κ3) is 3.23. The van der Waals surface area contributed by atoms with Crippen molar-refractivity contribution in [2.45, 2.75) is 42.6 Å². The lowest BCUT2D eigenvalue weighted by atomic mass is 10.2. The van der Waals surface area contributed by atoms with Gasteiger partial charge in [0, 0.05) is 0 Å². The summed E-state index contributed by atoms with van der Waals surface area (Å²) in [5, 5.41) is 0. The van der Waals surface area contributed by atoms with Gasteiger partial charge in [-0.1, -0.05) is 0 Å². The summed E-state index contributed by atoms with van der Waals surface area (Å²) in [7, 11) is 0. The highest BCUT2D eigenvalue weighted by Crippen LogP contribution is 2.56. The number of carbonyl (C=O) groups is 1. The monoisotopic (exact) mass is 408 g/mol. The Hall–Kier alpha value is -1.36. The van der Waals surface area contributed by atoms with Crippen molar-refractivity contribution in [1.29, 1.82) is 0 Å². The van der Waals surface area contributed by atoms with E-state index in [0.717, 1.165) is 0 Å². The molecule has 0 spiro atoms. The average Bonchev–Trinajstić information content (AvgIpc) is 2.33. The molecule has 0 N–H and O–H groups in total. The van der Waals surface area contributed by atoms with Crippen molar-refractivity contribution in [1.82, 2.24) is 0 Å². The SMILES string of the molecule is O=C(F)C(F)(OC1(F)OC(F)(C(F)(F)F)C(F)(F)OC1F)C(F)(F)F. The molecule has 0 aromatic rings. The lowest BCUT2D eigenvalue weighted by Gasteiger charge is -2.45. The van der Waals surface area contributed by atoms with E-state index in [4.69, 9.17) is 0 Å². The summed E-state index contributed by atoms with van der Waals surface area (Å²) >= 11 is 0. The molecule has 0 saturated carbocycles. The highest BCUT2D eigenvalue weighted by Gasteiger charge is 2.84. The second-order valence-corrected chi connectivity index (χ2v) is 4.20. The fourth-order valence-electron chi connectivity index (χ4n) is 1.26. The molecule has 0 radical (unpaired) electrons. The number of carbonyl (C=O) groups excluding carboxylic acids is 1. The van der Waals surface area contributed by atoms with Crippen LogP contribution in [0.25, 0.3) is 0 Å². The first-order valence-corrected chi connectivity index (χ1v) is 5.24. The summed E-state index contributed by atoms with van der Waals surface area (Å²) in [5.41, 5.74) is 0. The number of hydrogen-bond acceptors (Lipinski definition) is 4. The highest BCUT2D eigenvalue weighted by atomic mass is 19.4. The van der Waals surface area contributed by atoms with Crippen LogP contribution in [0.3, 0.4) is 0 Å². The zero-order chi connectivity index (χ0) is 20.3. The fourth-order valence-corrected chi connectivity index (χ4v) is 1.26. The molecule has 1 aliphatic rings. The first-order chi connectivity index (χ1) is 10.7. The third-order valence-corrected chi connectivity index (χ3v) is 2.44. The van der Waals surface area contributed by atoms with Crippen LogP contribution in [0.4, 0.5) is 57.1 Å². The van der Waals surface area contributed by atoms with E-state index < -0.39 is 48.6 Å². The molecule has 1 fully saturated rings.